The first-order chi connectivity index (χ1) is 13.9. The Labute approximate surface area is 180 Å². The lowest BCUT2D eigenvalue weighted by Crippen LogP contribution is -2.42. The Morgan fingerprint density at radius 2 is 2.10 bits per heavy atom. The van der Waals surface area contributed by atoms with Gasteiger partial charge in [-0.05, 0) is 32.6 Å². The number of aromatic hydroxyl groups is 1. The van der Waals surface area contributed by atoms with Gasteiger partial charge < -0.3 is 24.6 Å². The maximum atomic E-state index is 12.7. The number of hydrogen-bond acceptors (Lipinski definition) is 8. The number of cyclic esters (lactones) is 1. The summed E-state index contributed by atoms with van der Waals surface area (Å²) in [6, 6.07) is 0.890. The normalized spacial score (nSPS) is 19.1. The van der Waals surface area contributed by atoms with Gasteiger partial charge in [-0.1, -0.05) is 12.2 Å². The van der Waals surface area contributed by atoms with Crippen molar-refractivity contribution in [3.8, 4) is 11.5 Å². The molecular formula is C20H27NO6S2. The van der Waals surface area contributed by atoms with Crippen LogP contribution in [0.15, 0.2) is 6.07 Å². The molecule has 29 heavy (non-hydrogen) atoms. The zero-order valence-corrected chi connectivity index (χ0v) is 18.5. The molecule has 0 spiro atoms. The number of rotatable bonds is 2. The quantitative estimate of drug-likeness (QED) is 0.530. The molecule has 0 fully saturated rings. The second-order valence-corrected chi connectivity index (χ2v) is 8.20. The van der Waals surface area contributed by atoms with Crippen molar-refractivity contribution in [2.75, 3.05) is 26.6 Å². The van der Waals surface area contributed by atoms with Crippen molar-refractivity contribution in [2.24, 2.45) is 0 Å². The average Bonchev–Trinajstić information content (AvgIpc) is 2.70. The molecular weight excluding hydrogens is 414 g/mol. The van der Waals surface area contributed by atoms with Crippen LogP contribution in [0.5, 0.6) is 11.5 Å². The van der Waals surface area contributed by atoms with Crippen LogP contribution < -0.4 is 10.1 Å². The summed E-state index contributed by atoms with van der Waals surface area (Å²) >= 11 is 6.73. The van der Waals surface area contributed by atoms with Crippen LogP contribution in [0.2, 0.25) is 0 Å². The molecule has 2 N–H and O–H groups in total. The van der Waals surface area contributed by atoms with Gasteiger partial charge in [0, 0.05) is 28.7 Å². The minimum atomic E-state index is -0.598. The number of thioether (sulfide) groups is 1. The second-order valence-electron chi connectivity index (χ2n) is 6.68. The third-order valence-corrected chi connectivity index (χ3v) is 6.06. The fraction of sp³-hybridized carbons (Fsp3) is 0.550. The van der Waals surface area contributed by atoms with Crippen LogP contribution >= 0.6 is 24.0 Å². The fourth-order valence-electron chi connectivity index (χ4n) is 3.09. The lowest BCUT2D eigenvalue weighted by atomic mass is 10.0. The van der Waals surface area contributed by atoms with E-state index in [0.29, 0.717) is 51.8 Å². The number of benzene rings is 1. The van der Waals surface area contributed by atoms with E-state index in [0.717, 1.165) is 12.8 Å². The highest BCUT2D eigenvalue weighted by Gasteiger charge is 2.25. The van der Waals surface area contributed by atoms with E-state index in [2.05, 4.69) is 5.32 Å². The predicted molar refractivity (Wildman–Crippen MR) is 116 cm³/mol. The molecule has 1 aromatic carbocycles. The Hall–Kier alpha value is -2.00. The number of carbonyl (C=O) groups excluding carboxylic acids is 2. The van der Waals surface area contributed by atoms with E-state index in [-0.39, 0.29) is 12.4 Å². The first-order valence-corrected chi connectivity index (χ1v) is 11.0. The van der Waals surface area contributed by atoms with Crippen molar-refractivity contribution >= 4 is 40.9 Å². The molecule has 1 heterocycles. The molecule has 1 aliphatic rings. The van der Waals surface area contributed by atoms with Crippen LogP contribution in [-0.4, -0.2) is 54.7 Å². The third kappa shape index (κ3) is 6.24. The van der Waals surface area contributed by atoms with Crippen LogP contribution in [0.1, 0.15) is 47.2 Å². The predicted octanol–water partition coefficient (Wildman–Crippen LogP) is 3.13. The van der Waals surface area contributed by atoms with E-state index in [1.165, 1.54) is 32.0 Å². The Morgan fingerprint density at radius 1 is 1.34 bits per heavy atom. The summed E-state index contributed by atoms with van der Waals surface area (Å²) in [5, 5.41) is 13.6. The van der Waals surface area contributed by atoms with Gasteiger partial charge in [0.1, 0.15) is 17.5 Å². The van der Waals surface area contributed by atoms with Crippen molar-refractivity contribution in [3.63, 3.8) is 0 Å². The van der Waals surface area contributed by atoms with Crippen LogP contribution in [0.3, 0.4) is 0 Å². The third-order valence-electron chi connectivity index (χ3n) is 4.68. The maximum absolute atomic E-state index is 12.7. The number of phenolic OH excluding ortho intramolecular Hbond substituents is 1. The molecule has 2 rings (SSSR count). The van der Waals surface area contributed by atoms with E-state index in [1.807, 2.05) is 0 Å². The maximum Gasteiger partial charge on any atom is 0.338 e. The number of nitrogens with one attached hydrogen (secondary N) is 1. The lowest BCUT2D eigenvalue weighted by molar-refractivity contribution is -0.142. The van der Waals surface area contributed by atoms with Crippen molar-refractivity contribution in [3.05, 3.63) is 22.8 Å². The number of thiocarbonyl (C=S) groups is 1. The summed E-state index contributed by atoms with van der Waals surface area (Å²) in [5.41, 5.74) is 1.38. The highest BCUT2D eigenvalue weighted by Crippen LogP contribution is 2.35. The largest absolute Gasteiger partial charge is 0.507 e. The molecule has 0 radical (unpaired) electrons. The number of carbonyl (C=O) groups is 2. The molecule has 1 atom stereocenters. The Balaban J connectivity index is 2.34. The molecule has 0 saturated heterocycles. The summed E-state index contributed by atoms with van der Waals surface area (Å²) in [7, 11) is 2.82. The summed E-state index contributed by atoms with van der Waals surface area (Å²) in [6.07, 6.45) is 3.02. The fourth-order valence-corrected chi connectivity index (χ4v) is 4.45. The number of ether oxygens (including phenoxy) is 3. The number of phenols is 1. The molecule has 0 bridgehead atoms. The SMILES string of the molecule is COC(=O)[C@@H]1CSCc2c(O)cc(OC)c(C)c2C(=O)OCCCCCC(=S)N1. The van der Waals surface area contributed by atoms with E-state index in [1.54, 1.807) is 6.92 Å². The number of fused-ring (bicyclic) bond motifs is 1. The van der Waals surface area contributed by atoms with E-state index in [9.17, 15) is 14.7 Å². The topological polar surface area (TPSA) is 94.1 Å². The van der Waals surface area contributed by atoms with Gasteiger partial charge in [-0.2, -0.15) is 11.8 Å². The zero-order valence-electron chi connectivity index (χ0n) is 16.9. The second kappa shape index (κ2) is 11.3. The van der Waals surface area contributed by atoms with Gasteiger partial charge in [0.05, 0.1) is 31.4 Å². The zero-order chi connectivity index (χ0) is 21.4. The number of methoxy groups -OCH3 is 2. The van der Waals surface area contributed by atoms with Gasteiger partial charge in [0.25, 0.3) is 0 Å². The Bertz CT molecular complexity index is 768. The van der Waals surface area contributed by atoms with E-state index >= 15 is 0 Å². The van der Waals surface area contributed by atoms with Crippen LogP contribution in [0.4, 0.5) is 0 Å². The minimum absolute atomic E-state index is 0.0469. The Morgan fingerprint density at radius 3 is 2.79 bits per heavy atom. The molecule has 0 saturated carbocycles. The Kier molecular flexibility index (Phi) is 9.03. The van der Waals surface area contributed by atoms with Crippen molar-refractivity contribution < 1.29 is 28.9 Å². The standard InChI is InChI=1S/C20H27NO6S2/c1-12-16(25-2)9-15(22)13-10-29-11-14(19(23)26-3)21-17(28)7-5-4-6-8-27-20(24)18(12)13/h9,14,22H,4-8,10-11H2,1-3H3,(H,21,28)/t14-/m0/s1. The molecule has 0 aromatic heterocycles. The number of esters is 2. The lowest BCUT2D eigenvalue weighted by Gasteiger charge is -2.19. The van der Waals surface area contributed by atoms with E-state index in [4.69, 9.17) is 26.4 Å². The average molecular weight is 442 g/mol. The van der Waals surface area contributed by atoms with Crippen molar-refractivity contribution in [2.45, 2.75) is 44.4 Å². The smallest absolute Gasteiger partial charge is 0.338 e. The van der Waals surface area contributed by atoms with Crippen LogP contribution in [0, 0.1) is 6.92 Å². The molecule has 0 amide bonds. The van der Waals surface area contributed by atoms with Crippen molar-refractivity contribution in [1.29, 1.82) is 0 Å². The molecule has 160 valence electrons. The van der Waals surface area contributed by atoms with E-state index < -0.39 is 18.0 Å². The van der Waals surface area contributed by atoms with Gasteiger partial charge in [0.15, 0.2) is 0 Å². The van der Waals surface area contributed by atoms with Gasteiger partial charge in [-0.15, -0.1) is 0 Å². The monoisotopic (exact) mass is 441 g/mol. The van der Waals surface area contributed by atoms with Crippen LogP contribution in [-0.2, 0) is 20.0 Å². The highest BCUT2D eigenvalue weighted by atomic mass is 32.2. The van der Waals surface area contributed by atoms with Gasteiger partial charge in [-0.25, -0.2) is 9.59 Å². The summed E-state index contributed by atoms with van der Waals surface area (Å²) in [4.78, 5) is 25.5. The first-order valence-electron chi connectivity index (χ1n) is 9.40. The number of hydrogen-bond donors (Lipinski definition) is 2. The summed E-state index contributed by atoms with van der Waals surface area (Å²) < 4.78 is 15.6. The van der Waals surface area contributed by atoms with Gasteiger partial charge >= 0.3 is 11.9 Å². The van der Waals surface area contributed by atoms with Gasteiger partial charge in [-0.3, -0.25) is 0 Å². The van der Waals surface area contributed by atoms with Gasteiger partial charge in [0.2, 0.25) is 0 Å². The summed E-state index contributed by atoms with van der Waals surface area (Å²) in [5.74, 6) is 0.156. The van der Waals surface area contributed by atoms with Crippen LogP contribution in [0.25, 0.3) is 0 Å². The summed E-state index contributed by atoms with van der Waals surface area (Å²) in [6.45, 7) is 2.04. The minimum Gasteiger partial charge on any atom is -0.507 e. The molecule has 7 nitrogen and oxygen atoms in total. The highest BCUT2D eigenvalue weighted by molar-refractivity contribution is 7.98. The molecule has 0 aliphatic carbocycles. The van der Waals surface area contributed by atoms with Crippen molar-refractivity contribution in [1.82, 2.24) is 5.32 Å². The molecule has 0 unspecified atom stereocenters. The molecule has 1 aromatic rings. The first kappa shape index (κ1) is 23.3. The molecule has 1 aliphatic heterocycles. The molecule has 9 heteroatoms.